The Bertz CT molecular complexity index is 1170. The summed E-state index contributed by atoms with van der Waals surface area (Å²) in [5.41, 5.74) is 1.63. The molecule has 0 bridgehead atoms. The van der Waals surface area contributed by atoms with Gasteiger partial charge in [-0.15, -0.1) is 0 Å². The summed E-state index contributed by atoms with van der Waals surface area (Å²) in [5, 5.41) is 8.88. The average molecular weight is 489 g/mol. The van der Waals surface area contributed by atoms with E-state index < -0.39 is 29.6 Å². The van der Waals surface area contributed by atoms with Crippen LogP contribution in [0.3, 0.4) is 0 Å². The maximum atomic E-state index is 15.5. The number of anilines is 1. The molecule has 6 nitrogen and oxygen atoms in total. The molecule has 1 saturated heterocycles. The number of ether oxygens (including phenoxy) is 1. The lowest BCUT2D eigenvalue weighted by Gasteiger charge is -2.37. The Labute approximate surface area is 199 Å². The second-order valence-corrected chi connectivity index (χ2v) is 8.25. The lowest BCUT2D eigenvalue weighted by molar-refractivity contribution is -0.138. The van der Waals surface area contributed by atoms with Crippen LogP contribution in [0.1, 0.15) is 34.0 Å². The molecule has 4 rings (SSSR count). The zero-order valence-electron chi connectivity index (χ0n) is 18.6. The van der Waals surface area contributed by atoms with Crippen molar-refractivity contribution >= 4 is 11.8 Å². The van der Waals surface area contributed by atoms with Gasteiger partial charge < -0.3 is 14.7 Å². The summed E-state index contributed by atoms with van der Waals surface area (Å²) in [6.45, 7) is 0.843. The number of carboxylic acids is 1. The van der Waals surface area contributed by atoms with Gasteiger partial charge in [0.1, 0.15) is 6.33 Å². The highest BCUT2D eigenvalue weighted by molar-refractivity contribution is 5.70. The molecule has 10 heteroatoms. The van der Waals surface area contributed by atoms with Gasteiger partial charge in [-0.25, -0.2) is 14.4 Å². The minimum absolute atomic E-state index is 0.0656. The SMILES string of the molecule is O=C(O)Cc1ccc(CCc2ncnc(N3CCOCC3c3ccc(C(F)(F)F)cc3)c2F)cc1. The Balaban J connectivity index is 1.51. The molecule has 1 fully saturated rings. The summed E-state index contributed by atoms with van der Waals surface area (Å²) in [7, 11) is 0. The van der Waals surface area contributed by atoms with Gasteiger partial charge in [-0.05, 0) is 41.7 Å². The Hall–Kier alpha value is -3.53. The van der Waals surface area contributed by atoms with Crippen LogP contribution in [0.2, 0.25) is 0 Å². The van der Waals surface area contributed by atoms with Gasteiger partial charge in [0.05, 0.1) is 36.9 Å². The molecule has 0 amide bonds. The second kappa shape index (κ2) is 10.4. The van der Waals surface area contributed by atoms with Crippen LogP contribution in [0.15, 0.2) is 54.9 Å². The lowest BCUT2D eigenvalue weighted by atomic mass is 10.0. The van der Waals surface area contributed by atoms with E-state index in [4.69, 9.17) is 9.84 Å². The summed E-state index contributed by atoms with van der Waals surface area (Å²) < 4.78 is 59.8. The van der Waals surface area contributed by atoms with E-state index in [1.807, 2.05) is 0 Å². The molecule has 1 unspecified atom stereocenters. The molecule has 0 aliphatic carbocycles. The number of rotatable bonds is 7. The third-order valence-corrected chi connectivity index (χ3v) is 5.90. The molecule has 1 aliphatic rings. The first-order valence-electron chi connectivity index (χ1n) is 11.0. The van der Waals surface area contributed by atoms with Crippen LogP contribution >= 0.6 is 0 Å². The average Bonchev–Trinajstić information content (AvgIpc) is 2.84. The summed E-state index contributed by atoms with van der Waals surface area (Å²) in [5.74, 6) is -1.40. The van der Waals surface area contributed by atoms with E-state index in [-0.39, 0.29) is 24.5 Å². The monoisotopic (exact) mass is 489 g/mol. The van der Waals surface area contributed by atoms with Crippen molar-refractivity contribution in [1.29, 1.82) is 0 Å². The van der Waals surface area contributed by atoms with Gasteiger partial charge in [0.15, 0.2) is 11.6 Å². The summed E-state index contributed by atoms with van der Waals surface area (Å²) in [4.78, 5) is 20.8. The molecule has 1 N–H and O–H groups in total. The number of morpholine rings is 1. The zero-order chi connectivity index (χ0) is 25.0. The highest BCUT2D eigenvalue weighted by Crippen LogP contribution is 2.34. The number of benzene rings is 2. The minimum Gasteiger partial charge on any atom is -0.481 e. The maximum Gasteiger partial charge on any atom is 0.416 e. The van der Waals surface area contributed by atoms with Crippen molar-refractivity contribution < 1.29 is 32.2 Å². The Morgan fingerprint density at radius 2 is 1.71 bits per heavy atom. The van der Waals surface area contributed by atoms with E-state index in [2.05, 4.69) is 9.97 Å². The van der Waals surface area contributed by atoms with Crippen LogP contribution in [-0.4, -0.2) is 40.8 Å². The number of carbonyl (C=O) groups is 1. The number of carboxylic acid groups (broad SMARTS) is 1. The van der Waals surface area contributed by atoms with Crippen LogP contribution in [0.4, 0.5) is 23.4 Å². The number of halogens is 4. The molecule has 0 radical (unpaired) electrons. The molecule has 184 valence electrons. The number of nitrogens with zero attached hydrogens (tertiary/aromatic N) is 3. The third-order valence-electron chi connectivity index (χ3n) is 5.90. The standard InChI is InChI=1S/C25H23F4N3O3/c26-23-20(10-5-16-1-3-17(4-2-16)13-22(33)34)30-15-31-24(23)32-11-12-35-14-21(32)18-6-8-19(9-7-18)25(27,28)29/h1-4,6-9,15,21H,5,10-14H2,(H,33,34). The van der Waals surface area contributed by atoms with Gasteiger partial charge in [-0.1, -0.05) is 36.4 Å². The van der Waals surface area contributed by atoms with Gasteiger partial charge >= 0.3 is 12.1 Å². The fraction of sp³-hybridized carbons (Fsp3) is 0.320. The lowest BCUT2D eigenvalue weighted by Crippen LogP contribution is -2.40. The third kappa shape index (κ3) is 5.94. The summed E-state index contributed by atoms with van der Waals surface area (Å²) in [6, 6.07) is 11.3. The van der Waals surface area contributed by atoms with E-state index >= 15 is 4.39 Å². The molecule has 1 aliphatic heterocycles. The number of alkyl halides is 3. The molecule has 0 spiro atoms. The minimum atomic E-state index is -4.44. The highest BCUT2D eigenvalue weighted by Gasteiger charge is 2.32. The number of hydrogen-bond acceptors (Lipinski definition) is 5. The predicted molar refractivity (Wildman–Crippen MR) is 120 cm³/mol. The van der Waals surface area contributed by atoms with E-state index in [1.54, 1.807) is 29.2 Å². The molecule has 0 saturated carbocycles. The number of aryl methyl sites for hydroxylation is 2. The summed E-state index contributed by atoms with van der Waals surface area (Å²) in [6.07, 6.45) is -2.43. The zero-order valence-corrected chi connectivity index (χ0v) is 18.6. The van der Waals surface area contributed by atoms with E-state index in [0.717, 1.165) is 17.7 Å². The maximum absolute atomic E-state index is 15.5. The molecule has 1 atom stereocenters. The van der Waals surface area contributed by atoms with Crippen LogP contribution < -0.4 is 4.90 Å². The van der Waals surface area contributed by atoms with Crippen molar-refractivity contribution in [3.63, 3.8) is 0 Å². The van der Waals surface area contributed by atoms with Crippen molar-refractivity contribution in [2.45, 2.75) is 31.5 Å². The van der Waals surface area contributed by atoms with Crippen molar-refractivity contribution in [1.82, 2.24) is 9.97 Å². The molecule has 2 aromatic carbocycles. The van der Waals surface area contributed by atoms with Crippen LogP contribution in [0, 0.1) is 5.82 Å². The van der Waals surface area contributed by atoms with Crippen LogP contribution in [-0.2, 0) is 35.0 Å². The largest absolute Gasteiger partial charge is 0.481 e. The smallest absolute Gasteiger partial charge is 0.416 e. The van der Waals surface area contributed by atoms with E-state index in [0.29, 0.717) is 37.1 Å². The van der Waals surface area contributed by atoms with Crippen LogP contribution in [0.5, 0.6) is 0 Å². The Morgan fingerprint density at radius 3 is 2.37 bits per heavy atom. The topological polar surface area (TPSA) is 75.5 Å². The normalized spacial score (nSPS) is 16.3. The molecular weight excluding hydrogens is 466 g/mol. The van der Waals surface area contributed by atoms with Crippen molar-refractivity contribution in [2.24, 2.45) is 0 Å². The van der Waals surface area contributed by atoms with Crippen molar-refractivity contribution in [2.75, 3.05) is 24.7 Å². The number of aromatic nitrogens is 2. The fourth-order valence-electron chi connectivity index (χ4n) is 4.06. The molecule has 35 heavy (non-hydrogen) atoms. The van der Waals surface area contributed by atoms with Crippen molar-refractivity contribution in [3.8, 4) is 0 Å². The molecule has 1 aromatic heterocycles. The Morgan fingerprint density at radius 1 is 1.03 bits per heavy atom. The fourth-order valence-corrected chi connectivity index (χ4v) is 4.06. The number of aliphatic carboxylic acids is 1. The van der Waals surface area contributed by atoms with Crippen molar-refractivity contribution in [3.05, 3.63) is 88.6 Å². The first-order chi connectivity index (χ1) is 16.7. The van der Waals surface area contributed by atoms with Gasteiger partial charge in [-0.2, -0.15) is 13.2 Å². The van der Waals surface area contributed by atoms with E-state index in [9.17, 15) is 18.0 Å². The summed E-state index contributed by atoms with van der Waals surface area (Å²) >= 11 is 0. The van der Waals surface area contributed by atoms with Gasteiger partial charge in [0, 0.05) is 6.54 Å². The van der Waals surface area contributed by atoms with Crippen LogP contribution in [0.25, 0.3) is 0 Å². The first-order valence-corrected chi connectivity index (χ1v) is 11.0. The quantitative estimate of drug-likeness (QED) is 0.488. The van der Waals surface area contributed by atoms with Gasteiger partial charge in [0.2, 0.25) is 0 Å². The van der Waals surface area contributed by atoms with Gasteiger partial charge in [-0.3, -0.25) is 4.79 Å². The second-order valence-electron chi connectivity index (χ2n) is 8.25. The molecule has 3 aromatic rings. The first kappa shape index (κ1) is 24.6. The predicted octanol–water partition coefficient (Wildman–Crippen LogP) is 4.62. The van der Waals surface area contributed by atoms with E-state index in [1.165, 1.54) is 18.5 Å². The molecular formula is C25H23F4N3O3. The van der Waals surface area contributed by atoms with Gasteiger partial charge in [0.25, 0.3) is 0 Å². The molecule has 2 heterocycles. The number of hydrogen-bond donors (Lipinski definition) is 1. The highest BCUT2D eigenvalue weighted by atomic mass is 19.4. The Kier molecular flexibility index (Phi) is 7.30.